The zero-order valence-electron chi connectivity index (χ0n) is 14.4. The summed E-state index contributed by atoms with van der Waals surface area (Å²) in [5, 5.41) is 2.98. The minimum Gasteiger partial charge on any atom is -0.484 e. The van der Waals surface area contributed by atoms with E-state index >= 15 is 0 Å². The smallest absolute Gasteiger partial charge is 0.422 e. The van der Waals surface area contributed by atoms with Gasteiger partial charge in [-0.2, -0.15) is 13.2 Å². The van der Waals surface area contributed by atoms with Crippen LogP contribution in [0.3, 0.4) is 0 Å². The van der Waals surface area contributed by atoms with Crippen molar-refractivity contribution in [3.63, 3.8) is 0 Å². The summed E-state index contributed by atoms with van der Waals surface area (Å²) >= 11 is 0. The summed E-state index contributed by atoms with van der Waals surface area (Å²) in [6.07, 6.45) is -2.79. The Hall–Kier alpha value is -2.77. The average Bonchev–Trinajstić information content (AvgIpc) is 2.89. The van der Waals surface area contributed by atoms with Crippen molar-refractivity contribution >= 4 is 11.7 Å². The molecule has 1 amide bonds. The molecule has 1 aromatic heterocycles. The summed E-state index contributed by atoms with van der Waals surface area (Å²) in [5.74, 6) is 0.767. The number of hydrogen-bond donors (Lipinski definition) is 1. The number of aromatic nitrogens is 1. The molecule has 2 heterocycles. The third-order valence-corrected chi connectivity index (χ3v) is 4.16. The van der Waals surface area contributed by atoms with Crippen molar-refractivity contribution in [2.24, 2.45) is 0 Å². The van der Waals surface area contributed by atoms with Gasteiger partial charge in [0, 0.05) is 30.9 Å². The zero-order valence-corrected chi connectivity index (χ0v) is 14.4. The molecule has 0 radical (unpaired) electrons. The van der Waals surface area contributed by atoms with Gasteiger partial charge in [0.2, 0.25) is 0 Å². The molecule has 2 aromatic rings. The number of aryl methyl sites for hydroxylation is 1. The number of ether oxygens (including phenoxy) is 1. The molecular weight excluding hydrogens is 347 g/mol. The van der Waals surface area contributed by atoms with E-state index in [2.05, 4.69) is 10.3 Å². The molecule has 1 aliphatic heterocycles. The third-order valence-electron chi connectivity index (χ3n) is 4.16. The Balaban J connectivity index is 1.72. The van der Waals surface area contributed by atoms with E-state index < -0.39 is 12.8 Å². The molecule has 138 valence electrons. The van der Waals surface area contributed by atoms with Gasteiger partial charge in [-0.25, -0.2) is 4.98 Å². The van der Waals surface area contributed by atoms with Crippen LogP contribution in [-0.4, -0.2) is 35.6 Å². The second kappa shape index (κ2) is 6.86. The van der Waals surface area contributed by atoms with Crippen molar-refractivity contribution in [1.82, 2.24) is 9.88 Å². The van der Waals surface area contributed by atoms with E-state index in [4.69, 9.17) is 4.74 Å². The van der Waals surface area contributed by atoms with E-state index in [1.165, 1.54) is 6.07 Å². The van der Waals surface area contributed by atoms with Gasteiger partial charge in [-0.05, 0) is 30.2 Å². The predicted octanol–water partition coefficient (Wildman–Crippen LogP) is 3.53. The number of alkyl halides is 3. The third kappa shape index (κ3) is 3.74. The molecule has 0 bridgehead atoms. The van der Waals surface area contributed by atoms with Crippen molar-refractivity contribution in [2.45, 2.75) is 26.2 Å². The van der Waals surface area contributed by atoms with Crippen LogP contribution >= 0.6 is 0 Å². The lowest BCUT2D eigenvalue weighted by atomic mass is 10.1. The Labute approximate surface area is 148 Å². The number of amides is 1. The van der Waals surface area contributed by atoms with Crippen molar-refractivity contribution in [1.29, 1.82) is 0 Å². The summed E-state index contributed by atoms with van der Waals surface area (Å²) in [4.78, 5) is 18.4. The van der Waals surface area contributed by atoms with Crippen molar-refractivity contribution in [3.05, 3.63) is 52.7 Å². The molecule has 0 fully saturated rings. The maximum absolute atomic E-state index is 12.6. The maximum Gasteiger partial charge on any atom is 0.422 e. The fourth-order valence-corrected chi connectivity index (χ4v) is 2.98. The van der Waals surface area contributed by atoms with Gasteiger partial charge in [0.1, 0.15) is 11.6 Å². The molecule has 0 atom stereocenters. The summed E-state index contributed by atoms with van der Waals surface area (Å²) in [7, 11) is 1.75. The Kier molecular flexibility index (Phi) is 4.76. The largest absolute Gasteiger partial charge is 0.484 e. The number of rotatable bonds is 5. The quantitative estimate of drug-likeness (QED) is 0.881. The Morgan fingerprint density at radius 3 is 2.73 bits per heavy atom. The molecule has 1 N–H and O–H groups in total. The average molecular weight is 365 g/mol. The fraction of sp³-hybridized carbons (Fsp3) is 0.333. The molecule has 26 heavy (non-hydrogen) atoms. The van der Waals surface area contributed by atoms with Crippen LogP contribution in [0, 0.1) is 6.92 Å². The van der Waals surface area contributed by atoms with E-state index in [-0.39, 0.29) is 11.7 Å². The normalized spacial score (nSPS) is 13.7. The molecule has 8 heteroatoms. The number of anilines is 1. The lowest BCUT2D eigenvalue weighted by Crippen LogP contribution is -2.23. The number of benzene rings is 1. The van der Waals surface area contributed by atoms with Crippen LogP contribution in [0.1, 0.15) is 27.0 Å². The number of carbonyl (C=O) groups excluding carboxylic acids is 1. The fourth-order valence-electron chi connectivity index (χ4n) is 2.98. The van der Waals surface area contributed by atoms with Crippen LogP contribution in [0.2, 0.25) is 0 Å². The van der Waals surface area contributed by atoms with Gasteiger partial charge in [0.15, 0.2) is 6.61 Å². The number of carbonyl (C=O) groups is 1. The molecule has 1 aliphatic rings. The van der Waals surface area contributed by atoms with Crippen molar-refractivity contribution in [3.8, 4) is 5.75 Å². The molecule has 0 saturated heterocycles. The number of halogens is 3. The first-order valence-corrected chi connectivity index (χ1v) is 8.02. The van der Waals surface area contributed by atoms with Crippen LogP contribution < -0.4 is 10.1 Å². The van der Waals surface area contributed by atoms with E-state index in [0.29, 0.717) is 30.0 Å². The van der Waals surface area contributed by atoms with Crippen LogP contribution in [0.15, 0.2) is 30.5 Å². The van der Waals surface area contributed by atoms with Gasteiger partial charge in [-0.15, -0.1) is 0 Å². The highest BCUT2D eigenvalue weighted by Gasteiger charge is 2.30. The second-order valence-corrected chi connectivity index (χ2v) is 6.10. The Morgan fingerprint density at radius 2 is 2.08 bits per heavy atom. The SMILES string of the molecule is CNc1nccc2c1CN(Cc1ccc(OCC(F)(F)F)c(C)c1)C2=O. The standard InChI is InChI=1S/C18H18F3N3O2/c1-11-7-12(3-4-15(11)26-10-18(19,20)21)8-24-9-14-13(17(24)25)5-6-23-16(14)22-2/h3-7H,8-10H2,1-2H3,(H,22,23). The van der Waals surface area contributed by atoms with E-state index in [1.807, 2.05) is 0 Å². The van der Waals surface area contributed by atoms with Crippen LogP contribution in [0.4, 0.5) is 19.0 Å². The van der Waals surface area contributed by atoms with Crippen molar-refractivity contribution in [2.75, 3.05) is 19.0 Å². The molecule has 1 aromatic carbocycles. The lowest BCUT2D eigenvalue weighted by Gasteiger charge is -2.17. The predicted molar refractivity (Wildman–Crippen MR) is 90.1 cm³/mol. The van der Waals surface area contributed by atoms with Gasteiger partial charge in [-0.1, -0.05) is 12.1 Å². The summed E-state index contributed by atoms with van der Waals surface area (Å²) < 4.78 is 41.6. The summed E-state index contributed by atoms with van der Waals surface area (Å²) in [6.45, 7) is 1.15. The van der Waals surface area contributed by atoms with E-state index in [1.54, 1.807) is 43.3 Å². The second-order valence-electron chi connectivity index (χ2n) is 6.10. The molecule has 3 rings (SSSR count). The van der Waals surface area contributed by atoms with Gasteiger partial charge in [-0.3, -0.25) is 4.79 Å². The number of hydrogen-bond acceptors (Lipinski definition) is 4. The first-order chi connectivity index (χ1) is 12.3. The first-order valence-electron chi connectivity index (χ1n) is 8.02. The molecular formula is C18H18F3N3O2. The molecule has 0 saturated carbocycles. The first kappa shape index (κ1) is 18.0. The lowest BCUT2D eigenvalue weighted by molar-refractivity contribution is -0.153. The highest BCUT2D eigenvalue weighted by atomic mass is 19.4. The van der Waals surface area contributed by atoms with Gasteiger partial charge in [0.05, 0.1) is 6.54 Å². The number of nitrogens with one attached hydrogen (secondary N) is 1. The van der Waals surface area contributed by atoms with E-state index in [0.717, 1.165) is 11.1 Å². The van der Waals surface area contributed by atoms with Gasteiger partial charge >= 0.3 is 6.18 Å². The van der Waals surface area contributed by atoms with E-state index in [9.17, 15) is 18.0 Å². The minimum absolute atomic E-state index is 0.0889. The Bertz CT molecular complexity index is 837. The van der Waals surface area contributed by atoms with Crippen LogP contribution in [0.25, 0.3) is 0 Å². The van der Waals surface area contributed by atoms with Gasteiger partial charge in [0.25, 0.3) is 5.91 Å². The topological polar surface area (TPSA) is 54.5 Å². The monoisotopic (exact) mass is 365 g/mol. The summed E-state index contributed by atoms with van der Waals surface area (Å²) in [6, 6.07) is 6.61. The molecule has 0 unspecified atom stereocenters. The highest BCUT2D eigenvalue weighted by molar-refractivity contribution is 5.99. The molecule has 0 aliphatic carbocycles. The van der Waals surface area contributed by atoms with Crippen LogP contribution in [-0.2, 0) is 13.1 Å². The zero-order chi connectivity index (χ0) is 18.9. The highest BCUT2D eigenvalue weighted by Crippen LogP contribution is 2.29. The van der Waals surface area contributed by atoms with Crippen LogP contribution in [0.5, 0.6) is 5.75 Å². The van der Waals surface area contributed by atoms with Crippen molar-refractivity contribution < 1.29 is 22.7 Å². The summed E-state index contributed by atoms with van der Waals surface area (Å²) in [5.41, 5.74) is 2.88. The minimum atomic E-state index is -4.38. The van der Waals surface area contributed by atoms with Gasteiger partial charge < -0.3 is 15.0 Å². The molecule has 5 nitrogen and oxygen atoms in total. The number of fused-ring (bicyclic) bond motifs is 1. The maximum atomic E-state index is 12.6. The number of pyridine rings is 1. The molecule has 0 spiro atoms. The number of nitrogens with zero attached hydrogens (tertiary/aromatic N) is 2. The Morgan fingerprint density at radius 1 is 1.31 bits per heavy atom.